The first-order valence-corrected chi connectivity index (χ1v) is 12.2. The highest BCUT2D eigenvalue weighted by molar-refractivity contribution is 6.45. The van der Waals surface area contributed by atoms with E-state index in [0.717, 1.165) is 37.4 Å². The molecular formula is C25H26FN9O2. The van der Waals surface area contributed by atoms with Crippen LogP contribution in [0.5, 0.6) is 0 Å². The zero-order chi connectivity index (χ0) is 25.4. The van der Waals surface area contributed by atoms with Crippen LogP contribution in [0.15, 0.2) is 60.1 Å². The van der Waals surface area contributed by atoms with Crippen molar-refractivity contribution in [3.63, 3.8) is 0 Å². The molecule has 3 aliphatic heterocycles. The highest BCUT2D eigenvalue weighted by atomic mass is 19.1. The van der Waals surface area contributed by atoms with Gasteiger partial charge in [0.15, 0.2) is 11.6 Å². The zero-order valence-electron chi connectivity index (χ0n) is 20.0. The molecule has 0 unspecified atom stereocenters. The fourth-order valence-electron chi connectivity index (χ4n) is 4.92. The minimum absolute atomic E-state index is 0.00776. The number of halogens is 1. The SMILES string of the molecule is O=C(C(=O)N1CCN(C2=NCCCN2c2ccccc2)CC1)c1c[nH]c2c(N3C=CNN3)ncc(F)c12. The van der Waals surface area contributed by atoms with Crippen LogP contribution in [-0.2, 0) is 4.79 Å². The Labute approximate surface area is 212 Å². The summed E-state index contributed by atoms with van der Waals surface area (Å²) in [6.45, 7) is 3.49. The molecule has 0 radical (unpaired) electrons. The number of aliphatic imine (C=N–C) groups is 1. The molecule has 12 heteroatoms. The van der Waals surface area contributed by atoms with Gasteiger partial charge in [-0.05, 0) is 18.6 Å². The quantitative estimate of drug-likeness (QED) is 0.364. The molecule has 37 heavy (non-hydrogen) atoms. The van der Waals surface area contributed by atoms with E-state index in [4.69, 9.17) is 4.99 Å². The van der Waals surface area contributed by atoms with E-state index in [1.165, 1.54) is 11.1 Å². The van der Waals surface area contributed by atoms with Gasteiger partial charge in [-0.25, -0.2) is 14.4 Å². The predicted octanol–water partition coefficient (Wildman–Crippen LogP) is 1.60. The number of carbonyl (C=O) groups is 2. The number of aromatic nitrogens is 2. The van der Waals surface area contributed by atoms with Crippen molar-refractivity contribution in [2.75, 3.05) is 49.2 Å². The van der Waals surface area contributed by atoms with Crippen LogP contribution < -0.4 is 20.9 Å². The van der Waals surface area contributed by atoms with Crippen molar-refractivity contribution >= 4 is 40.1 Å². The molecule has 0 spiro atoms. The molecule has 0 bridgehead atoms. The number of guanidine groups is 1. The van der Waals surface area contributed by atoms with Crippen LogP contribution in [0.2, 0.25) is 0 Å². The fraction of sp³-hybridized carbons (Fsp3) is 0.280. The van der Waals surface area contributed by atoms with Gasteiger partial charge in [0.25, 0.3) is 11.7 Å². The number of carbonyl (C=O) groups excluding carboxylic acids is 2. The van der Waals surface area contributed by atoms with Crippen LogP contribution >= 0.6 is 0 Å². The van der Waals surface area contributed by atoms with Crippen molar-refractivity contribution in [1.29, 1.82) is 0 Å². The number of amides is 1. The second-order valence-corrected chi connectivity index (χ2v) is 8.95. The lowest BCUT2D eigenvalue weighted by molar-refractivity contribution is -0.127. The molecule has 1 fully saturated rings. The van der Waals surface area contributed by atoms with E-state index in [9.17, 15) is 14.0 Å². The number of anilines is 2. The zero-order valence-corrected chi connectivity index (χ0v) is 20.0. The van der Waals surface area contributed by atoms with Crippen LogP contribution in [0.4, 0.5) is 15.9 Å². The standard InChI is InChI=1S/C25H26FN9O2/c26-19-16-29-23(35-10-8-30-31-35)21-20(19)18(15-28-21)22(36)24(37)32-11-13-33(14-12-32)25-27-7-4-9-34(25)17-5-2-1-3-6-17/h1-3,5-6,8,10,15-16,28,30-31H,4,7,9,11-14H2. The number of ketones is 1. The van der Waals surface area contributed by atoms with Crippen molar-refractivity contribution in [2.45, 2.75) is 6.42 Å². The molecular weight excluding hydrogens is 477 g/mol. The van der Waals surface area contributed by atoms with Gasteiger partial charge in [0, 0.05) is 63.6 Å². The van der Waals surface area contributed by atoms with E-state index in [-0.39, 0.29) is 10.9 Å². The average Bonchev–Trinajstić information content (AvgIpc) is 3.65. The number of hydrogen-bond acceptors (Lipinski definition) is 9. The summed E-state index contributed by atoms with van der Waals surface area (Å²) in [7, 11) is 0. The van der Waals surface area contributed by atoms with Gasteiger partial charge in [0.2, 0.25) is 5.96 Å². The summed E-state index contributed by atoms with van der Waals surface area (Å²) < 4.78 is 14.8. The Morgan fingerprint density at radius 3 is 2.59 bits per heavy atom. The van der Waals surface area contributed by atoms with E-state index in [0.29, 0.717) is 37.5 Å². The molecule has 6 rings (SSSR count). The average molecular weight is 504 g/mol. The third-order valence-corrected chi connectivity index (χ3v) is 6.75. The number of pyridine rings is 1. The third kappa shape index (κ3) is 4.14. The lowest BCUT2D eigenvalue weighted by Crippen LogP contribution is -2.56. The van der Waals surface area contributed by atoms with Gasteiger partial charge >= 0.3 is 0 Å². The lowest BCUT2D eigenvalue weighted by Gasteiger charge is -2.41. The normalized spacial score (nSPS) is 17.8. The van der Waals surface area contributed by atoms with Crippen LogP contribution in [0.25, 0.3) is 10.9 Å². The molecule has 0 saturated carbocycles. The largest absolute Gasteiger partial charge is 0.357 e. The Morgan fingerprint density at radius 2 is 1.84 bits per heavy atom. The van der Waals surface area contributed by atoms with Crippen LogP contribution in [-0.4, -0.2) is 76.7 Å². The van der Waals surface area contributed by atoms with Gasteiger partial charge in [0.1, 0.15) is 0 Å². The maximum absolute atomic E-state index is 14.8. The molecule has 2 aromatic heterocycles. The molecule has 190 valence electrons. The Hall–Kier alpha value is -4.45. The van der Waals surface area contributed by atoms with Crippen molar-refractivity contribution < 1.29 is 14.0 Å². The summed E-state index contributed by atoms with van der Waals surface area (Å²) in [5.41, 5.74) is 7.01. The van der Waals surface area contributed by atoms with Crippen molar-refractivity contribution in [2.24, 2.45) is 4.99 Å². The molecule has 1 saturated heterocycles. The highest BCUT2D eigenvalue weighted by Gasteiger charge is 2.32. The number of fused-ring (bicyclic) bond motifs is 1. The van der Waals surface area contributed by atoms with Gasteiger partial charge in [0.05, 0.1) is 22.7 Å². The number of Topliss-reactive ketones (excluding diaryl/α,β-unsaturated/α-hetero) is 1. The number of benzene rings is 1. The molecule has 0 atom stereocenters. The summed E-state index contributed by atoms with van der Waals surface area (Å²) in [4.78, 5) is 44.1. The first kappa shape index (κ1) is 23.0. The van der Waals surface area contributed by atoms with Gasteiger partial charge in [-0.1, -0.05) is 18.2 Å². The minimum Gasteiger partial charge on any atom is -0.357 e. The van der Waals surface area contributed by atoms with E-state index in [1.54, 1.807) is 17.4 Å². The van der Waals surface area contributed by atoms with Gasteiger partial charge in [-0.15, -0.1) is 5.53 Å². The number of rotatable bonds is 4. The summed E-state index contributed by atoms with van der Waals surface area (Å²) in [5, 5.41) is 1.58. The van der Waals surface area contributed by atoms with Crippen LogP contribution in [0, 0.1) is 5.82 Å². The number of piperazine rings is 1. The summed E-state index contributed by atoms with van der Waals surface area (Å²) >= 11 is 0. The molecule has 1 aromatic carbocycles. The maximum atomic E-state index is 14.8. The van der Waals surface area contributed by atoms with Gasteiger partial charge in [-0.3, -0.25) is 14.6 Å². The van der Waals surface area contributed by atoms with E-state index >= 15 is 0 Å². The monoisotopic (exact) mass is 503 g/mol. The number of para-hydroxylation sites is 1. The van der Waals surface area contributed by atoms with Crippen molar-refractivity contribution in [1.82, 2.24) is 30.7 Å². The molecule has 0 aliphatic carbocycles. The Kier molecular flexibility index (Phi) is 5.93. The minimum atomic E-state index is -0.750. The van der Waals surface area contributed by atoms with Crippen LogP contribution in [0.3, 0.4) is 0 Å². The molecule has 1 amide bonds. The molecule has 3 N–H and O–H groups in total. The van der Waals surface area contributed by atoms with Gasteiger partial charge < -0.3 is 25.1 Å². The number of nitrogens with one attached hydrogen (secondary N) is 3. The Balaban J connectivity index is 1.17. The summed E-state index contributed by atoms with van der Waals surface area (Å²) in [6.07, 6.45) is 6.71. The van der Waals surface area contributed by atoms with Crippen molar-refractivity contribution in [3.05, 3.63) is 66.5 Å². The molecule has 3 aliphatic rings. The number of H-pyrrole nitrogens is 1. The predicted molar refractivity (Wildman–Crippen MR) is 137 cm³/mol. The number of hydrogen-bond donors (Lipinski definition) is 3. The third-order valence-electron chi connectivity index (χ3n) is 6.75. The fourth-order valence-corrected chi connectivity index (χ4v) is 4.92. The van der Waals surface area contributed by atoms with Crippen molar-refractivity contribution in [3.8, 4) is 0 Å². The van der Waals surface area contributed by atoms with E-state index in [2.05, 4.69) is 42.9 Å². The maximum Gasteiger partial charge on any atom is 0.295 e. The number of aromatic amines is 1. The number of nitrogens with zero attached hydrogens (tertiary/aromatic N) is 6. The summed E-state index contributed by atoms with van der Waals surface area (Å²) in [5.74, 6) is -0.805. The van der Waals surface area contributed by atoms with E-state index in [1.807, 2.05) is 18.2 Å². The first-order valence-electron chi connectivity index (χ1n) is 12.2. The Bertz CT molecular complexity index is 1400. The molecule has 5 heterocycles. The Morgan fingerprint density at radius 1 is 1.03 bits per heavy atom. The second-order valence-electron chi connectivity index (χ2n) is 8.95. The first-order chi connectivity index (χ1) is 18.1. The topological polar surface area (TPSA) is 112 Å². The lowest BCUT2D eigenvalue weighted by atomic mass is 10.1. The van der Waals surface area contributed by atoms with Crippen LogP contribution in [0.1, 0.15) is 16.8 Å². The smallest absolute Gasteiger partial charge is 0.295 e. The highest BCUT2D eigenvalue weighted by Crippen LogP contribution is 2.29. The second kappa shape index (κ2) is 9.54. The van der Waals surface area contributed by atoms with Gasteiger partial charge in [-0.2, -0.15) is 0 Å². The summed E-state index contributed by atoms with van der Waals surface area (Å²) in [6, 6.07) is 10.1. The van der Waals surface area contributed by atoms with E-state index < -0.39 is 17.5 Å². The molecule has 3 aromatic rings. The molecule has 11 nitrogen and oxygen atoms in total. The number of hydrazine groups is 2.